The van der Waals surface area contributed by atoms with Crippen molar-refractivity contribution in [1.82, 2.24) is 5.32 Å². The molecule has 0 saturated heterocycles. The van der Waals surface area contributed by atoms with E-state index in [9.17, 15) is 4.79 Å². The van der Waals surface area contributed by atoms with Gasteiger partial charge in [-0.1, -0.05) is 13.3 Å². The van der Waals surface area contributed by atoms with Gasteiger partial charge in [0.15, 0.2) is 0 Å². The number of hydrogen-bond donors (Lipinski definition) is 3. The van der Waals surface area contributed by atoms with Crippen molar-refractivity contribution in [1.29, 1.82) is 0 Å². The first-order valence-corrected chi connectivity index (χ1v) is 4.45. The topological polar surface area (TPSA) is 81.1 Å². The molecule has 0 aliphatic heterocycles. The highest BCUT2D eigenvalue weighted by Crippen LogP contribution is 1.99. The number of amides is 1. The number of unbranched alkanes of at least 4 members (excludes halogenated alkanes) is 1. The molecule has 0 rings (SSSR count). The molecule has 0 aliphatic rings. The van der Waals surface area contributed by atoms with E-state index in [4.69, 9.17) is 11.5 Å². The van der Waals surface area contributed by atoms with Gasteiger partial charge in [0.25, 0.3) is 0 Å². The van der Waals surface area contributed by atoms with Crippen LogP contribution in [0.5, 0.6) is 0 Å². The van der Waals surface area contributed by atoms with Crippen molar-refractivity contribution >= 4 is 5.91 Å². The van der Waals surface area contributed by atoms with Gasteiger partial charge >= 0.3 is 0 Å². The van der Waals surface area contributed by atoms with E-state index in [1.807, 2.05) is 6.92 Å². The number of hydrogen-bond acceptors (Lipinski definition) is 3. The highest BCUT2D eigenvalue weighted by molar-refractivity contribution is 5.79. The molecule has 0 spiro atoms. The van der Waals surface area contributed by atoms with Gasteiger partial charge < -0.3 is 16.8 Å². The van der Waals surface area contributed by atoms with E-state index in [2.05, 4.69) is 5.32 Å². The Balaban J connectivity index is 3.56. The maximum absolute atomic E-state index is 10.8. The van der Waals surface area contributed by atoms with Gasteiger partial charge in [0.1, 0.15) is 0 Å². The average Bonchev–Trinajstić information content (AvgIpc) is 2.03. The number of likely N-dealkylation sites (N-methyl/N-ethyl adjacent to an activating group) is 1. The van der Waals surface area contributed by atoms with Gasteiger partial charge in [-0.15, -0.1) is 0 Å². The Kier molecular flexibility index (Phi) is 6.70. The van der Waals surface area contributed by atoms with E-state index in [-0.39, 0.29) is 11.9 Å². The molecular formula is C8H19N3O. The maximum Gasteiger partial charge on any atom is 0.234 e. The summed E-state index contributed by atoms with van der Waals surface area (Å²) in [5, 5.41) is 3.03. The van der Waals surface area contributed by atoms with Crippen LogP contribution in [-0.4, -0.2) is 25.0 Å². The van der Waals surface area contributed by atoms with Crippen LogP contribution in [0.15, 0.2) is 0 Å². The number of carbonyl (C=O) groups is 1. The first kappa shape index (κ1) is 11.4. The molecule has 0 aromatic rings. The normalized spacial score (nSPS) is 12.8. The molecule has 0 heterocycles. The van der Waals surface area contributed by atoms with Gasteiger partial charge in [-0.3, -0.25) is 4.79 Å². The molecular weight excluding hydrogens is 154 g/mol. The Morgan fingerprint density at radius 3 is 2.58 bits per heavy atom. The fourth-order valence-corrected chi connectivity index (χ4v) is 1.08. The number of rotatable bonds is 7. The molecule has 0 bridgehead atoms. The van der Waals surface area contributed by atoms with E-state index in [0.717, 1.165) is 25.8 Å². The first-order valence-electron chi connectivity index (χ1n) is 4.45. The summed E-state index contributed by atoms with van der Waals surface area (Å²) in [6.45, 7) is 3.41. The minimum atomic E-state index is -0.270. The number of nitrogens with two attached hydrogens (primary N) is 2. The molecule has 1 amide bonds. The molecule has 4 nitrogen and oxygen atoms in total. The molecule has 0 fully saturated rings. The van der Waals surface area contributed by atoms with Gasteiger partial charge in [0, 0.05) is 0 Å². The predicted octanol–water partition coefficient (Wildman–Crippen LogP) is -0.421. The molecule has 0 radical (unpaired) electrons. The monoisotopic (exact) mass is 173 g/mol. The maximum atomic E-state index is 10.8. The summed E-state index contributed by atoms with van der Waals surface area (Å²) in [5.74, 6) is -0.270. The molecule has 12 heavy (non-hydrogen) atoms. The summed E-state index contributed by atoms with van der Waals surface area (Å²) in [6, 6.07) is -0.179. The van der Waals surface area contributed by atoms with Gasteiger partial charge in [-0.2, -0.15) is 0 Å². The van der Waals surface area contributed by atoms with Gasteiger partial charge in [-0.25, -0.2) is 0 Å². The molecule has 72 valence electrons. The second kappa shape index (κ2) is 7.06. The number of nitrogens with one attached hydrogen (secondary N) is 1. The quantitative estimate of drug-likeness (QED) is 0.457. The van der Waals surface area contributed by atoms with Crippen LogP contribution in [0.4, 0.5) is 0 Å². The zero-order chi connectivity index (χ0) is 9.40. The summed E-state index contributed by atoms with van der Waals surface area (Å²) in [6.07, 6.45) is 2.70. The SMILES string of the molecule is CCNC(CCCCN)C(N)=O. The zero-order valence-electron chi connectivity index (χ0n) is 7.68. The molecule has 1 unspecified atom stereocenters. The molecule has 5 N–H and O–H groups in total. The van der Waals surface area contributed by atoms with Crippen LogP contribution in [0.2, 0.25) is 0 Å². The summed E-state index contributed by atoms with van der Waals surface area (Å²) in [7, 11) is 0. The highest BCUT2D eigenvalue weighted by atomic mass is 16.1. The minimum absolute atomic E-state index is 0.179. The van der Waals surface area contributed by atoms with E-state index in [0.29, 0.717) is 6.54 Å². The van der Waals surface area contributed by atoms with E-state index < -0.39 is 0 Å². The Morgan fingerprint density at radius 1 is 1.50 bits per heavy atom. The lowest BCUT2D eigenvalue weighted by Crippen LogP contribution is -2.41. The fourth-order valence-electron chi connectivity index (χ4n) is 1.08. The Morgan fingerprint density at radius 2 is 2.17 bits per heavy atom. The summed E-state index contributed by atoms with van der Waals surface area (Å²) >= 11 is 0. The second-order valence-electron chi connectivity index (χ2n) is 2.80. The lowest BCUT2D eigenvalue weighted by molar-refractivity contribution is -0.120. The standard InChI is InChI=1S/C8H19N3O/c1-2-11-7(8(10)12)5-3-4-6-9/h7,11H,2-6,9H2,1H3,(H2,10,12). The molecule has 4 heteroatoms. The van der Waals surface area contributed by atoms with Gasteiger partial charge in [0.05, 0.1) is 6.04 Å². The predicted molar refractivity (Wildman–Crippen MR) is 49.6 cm³/mol. The third-order valence-corrected chi connectivity index (χ3v) is 1.74. The van der Waals surface area contributed by atoms with Crippen LogP contribution in [-0.2, 0) is 4.79 Å². The van der Waals surface area contributed by atoms with Crippen molar-refractivity contribution in [2.75, 3.05) is 13.1 Å². The van der Waals surface area contributed by atoms with E-state index in [1.54, 1.807) is 0 Å². The van der Waals surface area contributed by atoms with E-state index >= 15 is 0 Å². The van der Waals surface area contributed by atoms with Gasteiger partial charge in [0.2, 0.25) is 5.91 Å². The molecule has 0 aromatic heterocycles. The summed E-state index contributed by atoms with van der Waals surface area (Å²) < 4.78 is 0. The Labute approximate surface area is 73.7 Å². The smallest absolute Gasteiger partial charge is 0.234 e. The van der Waals surface area contributed by atoms with E-state index in [1.165, 1.54) is 0 Å². The van der Waals surface area contributed by atoms with Crippen molar-refractivity contribution in [3.63, 3.8) is 0 Å². The number of carbonyl (C=O) groups excluding carboxylic acids is 1. The zero-order valence-corrected chi connectivity index (χ0v) is 7.68. The molecule has 0 aromatic carbocycles. The van der Waals surface area contributed by atoms with Crippen LogP contribution in [0.3, 0.4) is 0 Å². The van der Waals surface area contributed by atoms with Crippen LogP contribution in [0.1, 0.15) is 26.2 Å². The summed E-state index contributed by atoms with van der Waals surface area (Å²) in [5.41, 5.74) is 10.5. The summed E-state index contributed by atoms with van der Waals surface area (Å²) in [4.78, 5) is 10.8. The van der Waals surface area contributed by atoms with Crippen molar-refractivity contribution in [3.8, 4) is 0 Å². The van der Waals surface area contributed by atoms with Crippen LogP contribution < -0.4 is 16.8 Å². The average molecular weight is 173 g/mol. The van der Waals surface area contributed by atoms with Crippen LogP contribution in [0, 0.1) is 0 Å². The molecule has 0 saturated carbocycles. The third-order valence-electron chi connectivity index (χ3n) is 1.74. The number of primary amides is 1. The van der Waals surface area contributed by atoms with Gasteiger partial charge in [-0.05, 0) is 25.9 Å². The second-order valence-corrected chi connectivity index (χ2v) is 2.80. The largest absolute Gasteiger partial charge is 0.368 e. The molecule has 0 aliphatic carbocycles. The Hall–Kier alpha value is -0.610. The van der Waals surface area contributed by atoms with Crippen LogP contribution >= 0.6 is 0 Å². The van der Waals surface area contributed by atoms with Crippen molar-refractivity contribution in [3.05, 3.63) is 0 Å². The first-order chi connectivity index (χ1) is 5.72. The van der Waals surface area contributed by atoms with Crippen molar-refractivity contribution in [2.45, 2.75) is 32.2 Å². The van der Waals surface area contributed by atoms with Crippen LogP contribution in [0.25, 0.3) is 0 Å². The third kappa shape index (κ3) is 5.09. The fraction of sp³-hybridized carbons (Fsp3) is 0.875. The minimum Gasteiger partial charge on any atom is -0.368 e. The van der Waals surface area contributed by atoms with Crippen molar-refractivity contribution in [2.24, 2.45) is 11.5 Å². The van der Waals surface area contributed by atoms with Crippen molar-refractivity contribution < 1.29 is 4.79 Å². The Bertz CT molecular complexity index is 127. The lowest BCUT2D eigenvalue weighted by atomic mass is 10.1. The highest BCUT2D eigenvalue weighted by Gasteiger charge is 2.11. The molecule has 1 atom stereocenters. The lowest BCUT2D eigenvalue weighted by Gasteiger charge is -2.12.